The van der Waals surface area contributed by atoms with E-state index in [-0.39, 0.29) is 6.04 Å². The average molecular weight is 310 g/mol. The number of hydrogen-bond donors (Lipinski definition) is 1. The molecule has 118 valence electrons. The Labute approximate surface area is 133 Å². The molecule has 1 aliphatic rings. The largest absolute Gasteiger partial charge is 0.361 e. The molecule has 0 fully saturated rings. The monoisotopic (exact) mass is 310 g/mol. The summed E-state index contributed by atoms with van der Waals surface area (Å²) >= 11 is 0. The molecule has 1 atom stereocenters. The van der Waals surface area contributed by atoms with Crippen LogP contribution in [0.1, 0.15) is 47.3 Å². The highest BCUT2D eigenvalue weighted by Gasteiger charge is 2.19. The van der Waals surface area contributed by atoms with E-state index in [1.807, 2.05) is 19.1 Å². The van der Waals surface area contributed by atoms with Gasteiger partial charge in [-0.15, -0.1) is 0 Å². The van der Waals surface area contributed by atoms with E-state index in [0.717, 1.165) is 36.3 Å². The Morgan fingerprint density at radius 1 is 1.22 bits per heavy atom. The molecule has 6 heteroatoms. The molecule has 2 N–H and O–H groups in total. The summed E-state index contributed by atoms with van der Waals surface area (Å²) < 4.78 is 10.4. The summed E-state index contributed by atoms with van der Waals surface area (Å²) in [6.45, 7) is 1.86. The predicted octanol–water partition coefficient (Wildman–Crippen LogP) is 2.96. The number of benzene rings is 1. The van der Waals surface area contributed by atoms with Gasteiger partial charge < -0.3 is 14.8 Å². The Kier molecular flexibility index (Phi) is 3.46. The van der Waals surface area contributed by atoms with E-state index in [1.54, 1.807) is 0 Å². The molecule has 0 bridgehead atoms. The fraction of sp³-hybridized carbons (Fsp3) is 0.353. The van der Waals surface area contributed by atoms with Crippen LogP contribution in [0.3, 0.4) is 0 Å². The van der Waals surface area contributed by atoms with Crippen molar-refractivity contribution in [1.82, 2.24) is 15.3 Å². The Bertz CT molecular complexity index is 837. The zero-order valence-corrected chi connectivity index (χ0v) is 13.0. The van der Waals surface area contributed by atoms with Crippen molar-refractivity contribution in [2.24, 2.45) is 5.73 Å². The molecule has 0 amide bonds. The number of rotatable bonds is 3. The van der Waals surface area contributed by atoms with E-state index in [4.69, 9.17) is 14.8 Å². The van der Waals surface area contributed by atoms with Crippen LogP contribution in [0.5, 0.6) is 0 Å². The first kappa shape index (κ1) is 14.1. The number of nitrogens with zero attached hydrogens (tertiary/aromatic N) is 3. The molecule has 23 heavy (non-hydrogen) atoms. The van der Waals surface area contributed by atoms with Gasteiger partial charge in [0.05, 0.1) is 12.1 Å². The molecular weight excluding hydrogens is 292 g/mol. The Morgan fingerprint density at radius 2 is 2.13 bits per heavy atom. The number of hydrogen-bond acceptors (Lipinski definition) is 6. The van der Waals surface area contributed by atoms with Gasteiger partial charge >= 0.3 is 0 Å². The summed E-state index contributed by atoms with van der Waals surface area (Å²) in [7, 11) is 0. The summed E-state index contributed by atoms with van der Waals surface area (Å²) in [6.07, 6.45) is 3.72. The zero-order valence-electron chi connectivity index (χ0n) is 13.0. The Hall–Kier alpha value is -2.47. The van der Waals surface area contributed by atoms with Crippen molar-refractivity contribution < 1.29 is 9.05 Å². The second-order valence-corrected chi connectivity index (χ2v) is 6.03. The fourth-order valence-electron chi connectivity index (χ4n) is 3.09. The van der Waals surface area contributed by atoms with Gasteiger partial charge in [0.15, 0.2) is 5.82 Å². The first-order valence-corrected chi connectivity index (χ1v) is 7.82. The van der Waals surface area contributed by atoms with Gasteiger partial charge in [0.1, 0.15) is 5.76 Å². The summed E-state index contributed by atoms with van der Waals surface area (Å²) in [4.78, 5) is 4.46. The van der Waals surface area contributed by atoms with Gasteiger partial charge in [-0.25, -0.2) is 0 Å². The maximum atomic E-state index is 6.16. The molecule has 2 heterocycles. The third kappa shape index (κ3) is 2.77. The van der Waals surface area contributed by atoms with Crippen molar-refractivity contribution >= 4 is 0 Å². The molecule has 4 rings (SSSR count). The first-order valence-electron chi connectivity index (χ1n) is 7.82. The molecular formula is C17H18N4O2. The third-order valence-electron chi connectivity index (χ3n) is 4.23. The topological polar surface area (TPSA) is 91.0 Å². The van der Waals surface area contributed by atoms with Gasteiger partial charge in [0.2, 0.25) is 0 Å². The van der Waals surface area contributed by atoms with Crippen LogP contribution in [0.25, 0.3) is 11.5 Å². The molecule has 0 saturated heterocycles. The minimum atomic E-state index is 0.140. The molecule has 1 unspecified atom stereocenters. The molecule has 2 aromatic heterocycles. The Morgan fingerprint density at radius 3 is 2.96 bits per heavy atom. The zero-order chi connectivity index (χ0) is 15.8. The summed E-state index contributed by atoms with van der Waals surface area (Å²) in [5, 5.41) is 7.98. The van der Waals surface area contributed by atoms with Gasteiger partial charge in [-0.1, -0.05) is 16.4 Å². The number of aryl methyl sites for hydroxylation is 2. The molecule has 0 radical (unpaired) electrons. The summed E-state index contributed by atoms with van der Waals surface area (Å²) in [5.74, 6) is 1.90. The van der Waals surface area contributed by atoms with Crippen molar-refractivity contribution in [1.29, 1.82) is 0 Å². The van der Waals surface area contributed by atoms with E-state index < -0.39 is 0 Å². The molecule has 1 aliphatic carbocycles. The second kappa shape index (κ2) is 5.62. The fourth-order valence-corrected chi connectivity index (χ4v) is 3.09. The van der Waals surface area contributed by atoms with Crippen LogP contribution < -0.4 is 5.73 Å². The van der Waals surface area contributed by atoms with Gasteiger partial charge in [0.25, 0.3) is 5.89 Å². The van der Waals surface area contributed by atoms with E-state index in [9.17, 15) is 0 Å². The van der Waals surface area contributed by atoms with Crippen LogP contribution in [0.15, 0.2) is 33.3 Å². The number of fused-ring (bicyclic) bond motifs is 1. The maximum absolute atomic E-state index is 6.16. The van der Waals surface area contributed by atoms with Crippen LogP contribution in [0.2, 0.25) is 0 Å². The molecule has 3 aromatic rings. The smallest absolute Gasteiger partial charge is 0.257 e. The lowest BCUT2D eigenvalue weighted by molar-refractivity contribution is 0.390. The predicted molar refractivity (Wildman–Crippen MR) is 83.6 cm³/mol. The standard InChI is InChI=1S/C17H18N4O2/c1-10-7-13(20-22-10)9-16-19-17(23-21-16)12-5-6-14-11(8-12)3-2-4-15(14)18/h5-8,15H,2-4,9,18H2,1H3. The summed E-state index contributed by atoms with van der Waals surface area (Å²) in [6, 6.07) is 8.21. The molecule has 1 aromatic carbocycles. The van der Waals surface area contributed by atoms with E-state index >= 15 is 0 Å². The quantitative estimate of drug-likeness (QED) is 0.799. The first-order chi connectivity index (χ1) is 11.2. The molecule has 0 aliphatic heterocycles. The van der Waals surface area contributed by atoms with E-state index in [1.165, 1.54) is 11.1 Å². The van der Waals surface area contributed by atoms with E-state index in [2.05, 4.69) is 27.4 Å². The minimum absolute atomic E-state index is 0.140. The van der Waals surface area contributed by atoms with Crippen LogP contribution in [-0.4, -0.2) is 15.3 Å². The lowest BCUT2D eigenvalue weighted by atomic mass is 9.87. The van der Waals surface area contributed by atoms with Crippen molar-refractivity contribution in [3.05, 3.63) is 52.7 Å². The van der Waals surface area contributed by atoms with Crippen LogP contribution in [0.4, 0.5) is 0 Å². The highest BCUT2D eigenvalue weighted by molar-refractivity contribution is 5.56. The second-order valence-electron chi connectivity index (χ2n) is 6.03. The van der Waals surface area contributed by atoms with Crippen molar-refractivity contribution in [3.63, 3.8) is 0 Å². The lowest BCUT2D eigenvalue weighted by Gasteiger charge is -2.22. The molecule has 6 nitrogen and oxygen atoms in total. The molecule has 0 spiro atoms. The van der Waals surface area contributed by atoms with Crippen molar-refractivity contribution in [2.45, 2.75) is 38.6 Å². The van der Waals surface area contributed by atoms with Crippen LogP contribution in [-0.2, 0) is 12.8 Å². The van der Waals surface area contributed by atoms with Crippen LogP contribution >= 0.6 is 0 Å². The van der Waals surface area contributed by atoms with Gasteiger partial charge in [0, 0.05) is 17.7 Å². The van der Waals surface area contributed by atoms with Gasteiger partial charge in [-0.2, -0.15) is 4.98 Å². The van der Waals surface area contributed by atoms with Crippen molar-refractivity contribution in [2.75, 3.05) is 0 Å². The normalized spacial score (nSPS) is 17.2. The van der Waals surface area contributed by atoms with E-state index in [0.29, 0.717) is 18.1 Å². The molecule has 0 saturated carbocycles. The van der Waals surface area contributed by atoms with Crippen molar-refractivity contribution in [3.8, 4) is 11.5 Å². The number of aromatic nitrogens is 3. The van der Waals surface area contributed by atoms with Gasteiger partial charge in [-0.05, 0) is 49.4 Å². The average Bonchev–Trinajstić information content (AvgIpc) is 3.17. The number of nitrogens with two attached hydrogens (primary N) is 1. The lowest BCUT2D eigenvalue weighted by Crippen LogP contribution is -2.17. The third-order valence-corrected chi connectivity index (χ3v) is 4.23. The highest BCUT2D eigenvalue weighted by Crippen LogP contribution is 2.31. The highest BCUT2D eigenvalue weighted by atomic mass is 16.5. The minimum Gasteiger partial charge on any atom is -0.361 e. The Balaban J connectivity index is 1.59. The maximum Gasteiger partial charge on any atom is 0.257 e. The SMILES string of the molecule is Cc1cc(Cc2noc(-c3ccc4c(c3)CCCC4N)n2)no1. The summed E-state index contributed by atoms with van der Waals surface area (Å²) in [5.41, 5.74) is 10.4. The van der Waals surface area contributed by atoms with Crippen LogP contribution in [0, 0.1) is 6.92 Å². The van der Waals surface area contributed by atoms with Gasteiger partial charge in [-0.3, -0.25) is 0 Å².